The maximum atomic E-state index is 5.77. The van der Waals surface area contributed by atoms with Gasteiger partial charge in [-0.2, -0.15) is 0 Å². The highest BCUT2D eigenvalue weighted by atomic mass is 32.1. The minimum absolute atomic E-state index is 0.377. The summed E-state index contributed by atoms with van der Waals surface area (Å²) in [5.41, 5.74) is 8.23. The Morgan fingerprint density at radius 3 is 2.72 bits per heavy atom. The van der Waals surface area contributed by atoms with E-state index in [1.807, 2.05) is 34.9 Å². The number of fused-ring (bicyclic) bond motifs is 1. The van der Waals surface area contributed by atoms with Crippen molar-refractivity contribution in [1.29, 1.82) is 0 Å². The van der Waals surface area contributed by atoms with E-state index < -0.39 is 0 Å². The molecule has 0 saturated carbocycles. The Morgan fingerprint density at radius 2 is 1.94 bits per heavy atom. The molecule has 18 heavy (non-hydrogen) atoms. The number of nitrogens with zero attached hydrogens (tertiary/aromatic N) is 4. The van der Waals surface area contributed by atoms with Crippen molar-refractivity contribution >= 4 is 29.6 Å². The molecule has 2 heterocycles. The van der Waals surface area contributed by atoms with Crippen molar-refractivity contribution in [2.75, 3.05) is 5.73 Å². The van der Waals surface area contributed by atoms with Crippen LogP contribution in [0.1, 0.15) is 5.56 Å². The maximum Gasteiger partial charge on any atom is 0.167 e. The first-order chi connectivity index (χ1) is 8.75. The Hall–Kier alpha value is -2.08. The third-order valence-corrected chi connectivity index (χ3v) is 3.07. The third-order valence-electron chi connectivity index (χ3n) is 2.72. The molecule has 6 heteroatoms. The van der Waals surface area contributed by atoms with E-state index in [0.717, 1.165) is 5.56 Å². The smallest absolute Gasteiger partial charge is 0.167 e. The summed E-state index contributed by atoms with van der Waals surface area (Å²) in [6.07, 6.45) is 1.44. The van der Waals surface area contributed by atoms with Crippen molar-refractivity contribution < 1.29 is 0 Å². The zero-order valence-corrected chi connectivity index (χ0v) is 10.4. The van der Waals surface area contributed by atoms with Crippen LogP contribution in [0.4, 0.5) is 5.82 Å². The van der Waals surface area contributed by atoms with E-state index in [4.69, 9.17) is 5.73 Å². The van der Waals surface area contributed by atoms with Crippen molar-refractivity contribution in [3.05, 3.63) is 42.2 Å². The number of hydrogen-bond acceptors (Lipinski definition) is 5. The van der Waals surface area contributed by atoms with Crippen LogP contribution in [0.2, 0.25) is 0 Å². The molecule has 0 radical (unpaired) electrons. The molecule has 0 unspecified atom stereocenters. The Labute approximate surface area is 109 Å². The number of anilines is 1. The lowest BCUT2D eigenvalue weighted by molar-refractivity contribution is 0.726. The lowest BCUT2D eigenvalue weighted by Gasteiger charge is -2.05. The highest BCUT2D eigenvalue weighted by molar-refractivity contribution is 7.80. The van der Waals surface area contributed by atoms with Gasteiger partial charge in [0.05, 0.1) is 6.54 Å². The number of benzene rings is 1. The maximum absolute atomic E-state index is 5.77. The molecular weight excluding hydrogens is 246 g/mol. The molecular formula is C12H11N5S. The standard InChI is InChI=1S/C12H11N5S/c13-10-9-11(15-7-14-10)17(12(18)16-9)6-8-4-2-1-3-5-8/h1-5,7H,6H2,(H,16,18)(H2,13,14,15). The van der Waals surface area contributed by atoms with Gasteiger partial charge in [0, 0.05) is 0 Å². The number of nitrogens with two attached hydrogens (primary N) is 1. The fraction of sp³-hybridized carbons (Fsp3) is 0.0833. The van der Waals surface area contributed by atoms with Crippen molar-refractivity contribution in [2.24, 2.45) is 0 Å². The number of hydrogen-bond donors (Lipinski definition) is 2. The molecule has 0 aliphatic carbocycles. The van der Waals surface area contributed by atoms with E-state index in [0.29, 0.717) is 28.7 Å². The van der Waals surface area contributed by atoms with Crippen LogP contribution >= 0.6 is 12.6 Å². The van der Waals surface area contributed by atoms with Crippen LogP contribution < -0.4 is 5.73 Å². The van der Waals surface area contributed by atoms with Gasteiger partial charge in [-0.05, 0) is 5.56 Å². The van der Waals surface area contributed by atoms with E-state index in [1.54, 1.807) is 0 Å². The van der Waals surface area contributed by atoms with Gasteiger partial charge in [-0.15, -0.1) is 12.6 Å². The molecule has 0 aliphatic rings. The molecule has 3 aromatic rings. The normalized spacial score (nSPS) is 10.9. The fourth-order valence-corrected chi connectivity index (χ4v) is 2.12. The summed E-state index contributed by atoms with van der Waals surface area (Å²) in [7, 11) is 0. The molecule has 0 atom stereocenters. The summed E-state index contributed by atoms with van der Waals surface area (Å²) in [6.45, 7) is 0.659. The van der Waals surface area contributed by atoms with Crippen LogP contribution in [-0.4, -0.2) is 19.5 Å². The zero-order valence-electron chi connectivity index (χ0n) is 9.48. The summed E-state index contributed by atoms with van der Waals surface area (Å²) < 4.78 is 1.91. The van der Waals surface area contributed by atoms with Crippen LogP contribution in [-0.2, 0) is 6.54 Å². The molecule has 0 aliphatic heterocycles. The number of rotatable bonds is 2. The first-order valence-electron chi connectivity index (χ1n) is 5.45. The van der Waals surface area contributed by atoms with Crippen LogP contribution in [0.25, 0.3) is 11.2 Å². The van der Waals surface area contributed by atoms with Gasteiger partial charge in [0.15, 0.2) is 22.1 Å². The summed E-state index contributed by atoms with van der Waals surface area (Å²) in [5, 5.41) is 0.584. The average molecular weight is 257 g/mol. The predicted molar refractivity (Wildman–Crippen MR) is 72.5 cm³/mol. The zero-order chi connectivity index (χ0) is 12.5. The van der Waals surface area contributed by atoms with Crippen molar-refractivity contribution in [3.63, 3.8) is 0 Å². The minimum Gasteiger partial charge on any atom is -0.382 e. The average Bonchev–Trinajstić information content (AvgIpc) is 2.70. The monoisotopic (exact) mass is 257 g/mol. The molecule has 0 fully saturated rings. The predicted octanol–water partition coefficient (Wildman–Crippen LogP) is 1.75. The fourth-order valence-electron chi connectivity index (χ4n) is 1.85. The topological polar surface area (TPSA) is 69.6 Å². The molecule has 0 saturated heterocycles. The Bertz CT molecular complexity index is 692. The lowest BCUT2D eigenvalue weighted by atomic mass is 10.2. The van der Waals surface area contributed by atoms with E-state index >= 15 is 0 Å². The van der Waals surface area contributed by atoms with Crippen molar-refractivity contribution in [2.45, 2.75) is 11.7 Å². The summed E-state index contributed by atoms with van der Waals surface area (Å²) in [5.74, 6) is 0.377. The van der Waals surface area contributed by atoms with Gasteiger partial charge in [-0.3, -0.25) is 4.57 Å². The Balaban J connectivity index is 2.12. The van der Waals surface area contributed by atoms with Crippen molar-refractivity contribution in [3.8, 4) is 0 Å². The second-order valence-corrected chi connectivity index (χ2v) is 4.31. The van der Waals surface area contributed by atoms with Gasteiger partial charge in [0.2, 0.25) is 0 Å². The molecule has 1 aromatic carbocycles. The molecule has 2 N–H and O–H groups in total. The van der Waals surface area contributed by atoms with E-state index in [9.17, 15) is 0 Å². The van der Waals surface area contributed by atoms with E-state index in [-0.39, 0.29) is 0 Å². The highest BCUT2D eigenvalue weighted by Gasteiger charge is 2.12. The minimum atomic E-state index is 0.377. The molecule has 0 amide bonds. The van der Waals surface area contributed by atoms with Gasteiger partial charge in [-0.1, -0.05) is 30.3 Å². The van der Waals surface area contributed by atoms with Gasteiger partial charge < -0.3 is 5.73 Å². The van der Waals surface area contributed by atoms with Crippen LogP contribution in [0.15, 0.2) is 41.8 Å². The molecule has 5 nitrogen and oxygen atoms in total. The second-order valence-electron chi connectivity index (χ2n) is 3.91. The van der Waals surface area contributed by atoms with Gasteiger partial charge in [0.25, 0.3) is 0 Å². The molecule has 2 aromatic heterocycles. The highest BCUT2D eigenvalue weighted by Crippen LogP contribution is 2.21. The van der Waals surface area contributed by atoms with E-state index in [2.05, 4.69) is 27.6 Å². The summed E-state index contributed by atoms with van der Waals surface area (Å²) >= 11 is 4.36. The van der Waals surface area contributed by atoms with Gasteiger partial charge in [-0.25, -0.2) is 15.0 Å². The largest absolute Gasteiger partial charge is 0.382 e. The van der Waals surface area contributed by atoms with Gasteiger partial charge >= 0.3 is 0 Å². The first-order valence-corrected chi connectivity index (χ1v) is 5.90. The lowest BCUT2D eigenvalue weighted by Crippen LogP contribution is -2.02. The van der Waals surface area contributed by atoms with Crippen LogP contribution in [0.3, 0.4) is 0 Å². The quantitative estimate of drug-likeness (QED) is 0.686. The number of aromatic nitrogens is 4. The van der Waals surface area contributed by atoms with Gasteiger partial charge in [0.1, 0.15) is 6.33 Å². The van der Waals surface area contributed by atoms with Crippen LogP contribution in [0.5, 0.6) is 0 Å². The van der Waals surface area contributed by atoms with Crippen molar-refractivity contribution in [1.82, 2.24) is 19.5 Å². The van der Waals surface area contributed by atoms with Crippen LogP contribution in [0, 0.1) is 0 Å². The molecule has 0 bridgehead atoms. The molecule has 0 spiro atoms. The Morgan fingerprint density at radius 1 is 1.17 bits per heavy atom. The SMILES string of the molecule is Nc1ncnc2c1nc(S)n2Cc1ccccc1. The van der Waals surface area contributed by atoms with E-state index in [1.165, 1.54) is 6.33 Å². The molecule has 90 valence electrons. The third kappa shape index (κ3) is 1.80. The number of imidazole rings is 1. The summed E-state index contributed by atoms with van der Waals surface area (Å²) in [4.78, 5) is 12.4. The summed E-state index contributed by atoms with van der Waals surface area (Å²) in [6, 6.07) is 10.1. The first kappa shape index (κ1) is 11.0. The number of thiol groups is 1. The Kier molecular flexibility index (Phi) is 2.64. The molecule has 3 rings (SSSR count). The number of nitrogen functional groups attached to an aromatic ring is 1. The second kappa shape index (κ2) is 4.30.